The minimum atomic E-state index is -0.322. The average molecular weight is 355 g/mol. The molecule has 5 nitrogen and oxygen atoms in total. The van der Waals surface area contributed by atoms with Crippen LogP contribution in [0.5, 0.6) is 0 Å². The Kier molecular flexibility index (Phi) is 5.96. The summed E-state index contributed by atoms with van der Waals surface area (Å²) in [6.45, 7) is 3.13. The Morgan fingerprint density at radius 2 is 2.08 bits per heavy atom. The first-order valence-electron chi connectivity index (χ1n) is 8.67. The van der Waals surface area contributed by atoms with Gasteiger partial charge in [0.15, 0.2) is 0 Å². The molecule has 2 aromatic rings. The van der Waals surface area contributed by atoms with Crippen LogP contribution in [0, 0.1) is 12.7 Å². The lowest BCUT2D eigenvalue weighted by molar-refractivity contribution is 0.0975. The molecule has 2 N–H and O–H groups in total. The van der Waals surface area contributed by atoms with E-state index in [1.807, 2.05) is 25.1 Å². The summed E-state index contributed by atoms with van der Waals surface area (Å²) in [4.78, 5) is 17.0. The van der Waals surface area contributed by atoms with Gasteiger partial charge in [-0.1, -0.05) is 17.7 Å². The molecule has 6 heteroatoms. The van der Waals surface area contributed by atoms with Crippen LogP contribution in [0.4, 0.5) is 10.1 Å². The zero-order valence-electron chi connectivity index (χ0n) is 14.7. The molecule has 0 bridgehead atoms. The van der Waals surface area contributed by atoms with Gasteiger partial charge in [0.2, 0.25) is 5.96 Å². The molecular formula is C20H22FN3O2. The highest BCUT2D eigenvalue weighted by atomic mass is 19.1. The SMILES string of the molecule is Cc1cccc(C(=O)NC(=NC[C@H]2CCCO2)Nc2ccc(F)cc2)c1. The third-order valence-electron chi connectivity index (χ3n) is 4.10. The number of hydrogen-bond donors (Lipinski definition) is 2. The van der Waals surface area contributed by atoms with E-state index in [1.54, 1.807) is 18.2 Å². The fourth-order valence-electron chi connectivity index (χ4n) is 2.73. The summed E-state index contributed by atoms with van der Waals surface area (Å²) in [6.07, 6.45) is 2.05. The van der Waals surface area contributed by atoms with Gasteiger partial charge in [0.25, 0.3) is 5.91 Å². The van der Waals surface area contributed by atoms with Crippen LogP contribution in [0.3, 0.4) is 0 Å². The van der Waals surface area contributed by atoms with Crippen molar-refractivity contribution >= 4 is 17.6 Å². The Hall–Kier alpha value is -2.73. The number of guanidine groups is 1. The van der Waals surface area contributed by atoms with Crippen LogP contribution in [0.2, 0.25) is 0 Å². The zero-order chi connectivity index (χ0) is 18.4. The first-order chi connectivity index (χ1) is 12.6. The Morgan fingerprint density at radius 3 is 2.77 bits per heavy atom. The fourth-order valence-corrected chi connectivity index (χ4v) is 2.73. The topological polar surface area (TPSA) is 62.7 Å². The molecule has 1 heterocycles. The van der Waals surface area contributed by atoms with Gasteiger partial charge in [-0.25, -0.2) is 9.38 Å². The van der Waals surface area contributed by atoms with Crippen LogP contribution in [0.1, 0.15) is 28.8 Å². The lowest BCUT2D eigenvalue weighted by atomic mass is 10.1. The third-order valence-corrected chi connectivity index (χ3v) is 4.10. The maximum atomic E-state index is 13.1. The summed E-state index contributed by atoms with van der Waals surface area (Å²) in [5.41, 5.74) is 2.19. The van der Waals surface area contributed by atoms with E-state index >= 15 is 0 Å². The number of halogens is 1. The number of carbonyl (C=O) groups excluding carboxylic acids is 1. The van der Waals surface area contributed by atoms with Crippen LogP contribution in [0.15, 0.2) is 53.5 Å². The molecule has 0 spiro atoms. The van der Waals surface area contributed by atoms with Gasteiger partial charge in [0.05, 0.1) is 12.6 Å². The second-order valence-corrected chi connectivity index (χ2v) is 6.28. The molecule has 0 saturated carbocycles. The van der Waals surface area contributed by atoms with E-state index in [9.17, 15) is 9.18 Å². The number of nitrogens with zero attached hydrogens (tertiary/aromatic N) is 1. The molecule has 1 aliphatic heterocycles. The van der Waals surface area contributed by atoms with Gasteiger partial charge in [-0.2, -0.15) is 0 Å². The molecule has 1 fully saturated rings. The summed E-state index contributed by atoms with van der Waals surface area (Å²) in [7, 11) is 0. The second kappa shape index (κ2) is 8.58. The number of carbonyl (C=O) groups is 1. The molecule has 1 saturated heterocycles. The van der Waals surface area contributed by atoms with Crippen molar-refractivity contribution in [1.82, 2.24) is 5.32 Å². The minimum Gasteiger partial charge on any atom is -0.376 e. The van der Waals surface area contributed by atoms with Crippen molar-refractivity contribution in [3.8, 4) is 0 Å². The van der Waals surface area contributed by atoms with Crippen molar-refractivity contribution in [1.29, 1.82) is 0 Å². The van der Waals surface area contributed by atoms with Crippen molar-refractivity contribution < 1.29 is 13.9 Å². The van der Waals surface area contributed by atoms with E-state index < -0.39 is 0 Å². The van der Waals surface area contributed by atoms with Gasteiger partial charge in [-0.3, -0.25) is 10.1 Å². The molecule has 26 heavy (non-hydrogen) atoms. The molecule has 0 aliphatic carbocycles. The molecule has 3 rings (SSSR count). The fraction of sp³-hybridized carbons (Fsp3) is 0.300. The lowest BCUT2D eigenvalue weighted by Crippen LogP contribution is -2.36. The number of rotatable bonds is 4. The molecular weight excluding hydrogens is 333 g/mol. The van der Waals surface area contributed by atoms with Crippen molar-refractivity contribution in [2.75, 3.05) is 18.5 Å². The predicted octanol–water partition coefficient (Wildman–Crippen LogP) is 3.51. The summed E-state index contributed by atoms with van der Waals surface area (Å²) in [5.74, 6) is -0.259. The van der Waals surface area contributed by atoms with E-state index in [4.69, 9.17) is 4.74 Å². The van der Waals surface area contributed by atoms with Crippen LogP contribution in [-0.2, 0) is 4.74 Å². The predicted molar refractivity (Wildman–Crippen MR) is 99.9 cm³/mol. The first-order valence-corrected chi connectivity index (χ1v) is 8.67. The number of nitrogens with one attached hydrogen (secondary N) is 2. The first kappa shape index (κ1) is 18.1. The summed E-state index contributed by atoms with van der Waals surface area (Å²) < 4.78 is 18.7. The quantitative estimate of drug-likeness (QED) is 0.652. The van der Waals surface area contributed by atoms with Crippen molar-refractivity contribution in [2.24, 2.45) is 4.99 Å². The highest BCUT2D eigenvalue weighted by Crippen LogP contribution is 2.13. The van der Waals surface area contributed by atoms with Crippen molar-refractivity contribution in [3.63, 3.8) is 0 Å². The second-order valence-electron chi connectivity index (χ2n) is 6.28. The smallest absolute Gasteiger partial charge is 0.257 e. The minimum absolute atomic E-state index is 0.0656. The van der Waals surface area contributed by atoms with Crippen molar-refractivity contribution in [2.45, 2.75) is 25.9 Å². The van der Waals surface area contributed by atoms with E-state index in [0.29, 0.717) is 23.8 Å². The molecule has 0 aromatic heterocycles. The Labute approximate surface area is 152 Å². The standard InChI is InChI=1S/C20H22FN3O2/c1-14-4-2-5-15(12-14)19(25)24-20(22-13-18-6-3-11-26-18)23-17-9-7-16(21)8-10-17/h2,4-5,7-10,12,18H,3,6,11,13H2,1H3,(H2,22,23,24,25)/t18-/m1/s1. The molecule has 1 aliphatic rings. The molecule has 0 radical (unpaired) electrons. The summed E-state index contributed by atoms with van der Waals surface area (Å²) >= 11 is 0. The normalized spacial score (nSPS) is 17.2. The molecule has 1 atom stereocenters. The zero-order valence-corrected chi connectivity index (χ0v) is 14.7. The Bertz CT molecular complexity index is 784. The Morgan fingerprint density at radius 1 is 1.27 bits per heavy atom. The third kappa shape index (κ3) is 5.13. The monoisotopic (exact) mass is 355 g/mol. The number of ether oxygens (including phenoxy) is 1. The van der Waals surface area contributed by atoms with Gasteiger partial charge >= 0.3 is 0 Å². The maximum absolute atomic E-state index is 13.1. The van der Waals surface area contributed by atoms with Gasteiger partial charge in [-0.05, 0) is 56.2 Å². The lowest BCUT2D eigenvalue weighted by Gasteiger charge is -2.13. The number of aryl methyl sites for hydroxylation is 1. The molecule has 1 amide bonds. The highest BCUT2D eigenvalue weighted by molar-refractivity contribution is 6.10. The van der Waals surface area contributed by atoms with Crippen molar-refractivity contribution in [3.05, 3.63) is 65.5 Å². The van der Waals surface area contributed by atoms with Gasteiger partial charge in [0, 0.05) is 17.9 Å². The van der Waals surface area contributed by atoms with Gasteiger partial charge in [0.1, 0.15) is 5.82 Å². The van der Waals surface area contributed by atoms with Crippen LogP contribution in [-0.4, -0.2) is 31.1 Å². The molecule has 0 unspecified atom stereocenters. The van der Waals surface area contributed by atoms with E-state index in [1.165, 1.54) is 12.1 Å². The Balaban J connectivity index is 1.73. The largest absolute Gasteiger partial charge is 0.376 e. The average Bonchev–Trinajstić information content (AvgIpc) is 3.15. The number of anilines is 1. The molecule has 136 valence electrons. The van der Waals surface area contributed by atoms with Crippen LogP contribution >= 0.6 is 0 Å². The number of hydrogen-bond acceptors (Lipinski definition) is 3. The molecule has 2 aromatic carbocycles. The van der Waals surface area contributed by atoms with E-state index in [-0.39, 0.29) is 17.8 Å². The summed E-state index contributed by atoms with van der Waals surface area (Å²) in [6, 6.07) is 13.2. The number of amides is 1. The maximum Gasteiger partial charge on any atom is 0.257 e. The summed E-state index contributed by atoms with van der Waals surface area (Å²) in [5, 5.41) is 5.84. The number of aliphatic imine (C=N–C) groups is 1. The van der Waals surface area contributed by atoms with E-state index in [0.717, 1.165) is 25.0 Å². The van der Waals surface area contributed by atoms with Gasteiger partial charge in [-0.15, -0.1) is 0 Å². The van der Waals surface area contributed by atoms with Gasteiger partial charge < -0.3 is 10.1 Å². The highest BCUT2D eigenvalue weighted by Gasteiger charge is 2.16. The van der Waals surface area contributed by atoms with E-state index in [2.05, 4.69) is 15.6 Å². The van der Waals surface area contributed by atoms with Crippen LogP contribution < -0.4 is 10.6 Å². The van der Waals surface area contributed by atoms with Crippen LogP contribution in [0.25, 0.3) is 0 Å². The number of benzene rings is 2.